The van der Waals surface area contributed by atoms with Crippen LogP contribution >= 0.6 is 0 Å². The molecule has 1 heteroatoms. The summed E-state index contributed by atoms with van der Waals surface area (Å²) in [6, 6.07) is 0. The summed E-state index contributed by atoms with van der Waals surface area (Å²) in [7, 11) is 1.75. The Morgan fingerprint density at radius 2 is 1.62 bits per heavy atom. The zero-order chi connectivity index (χ0) is 6.78. The van der Waals surface area contributed by atoms with Gasteiger partial charge in [0.2, 0.25) is 0 Å². The molecule has 50 valence electrons. The van der Waals surface area contributed by atoms with Gasteiger partial charge in [0, 0.05) is 7.11 Å². The summed E-state index contributed by atoms with van der Waals surface area (Å²) in [6.45, 7) is 8.59. The Labute approximate surface area is 52.0 Å². The topological polar surface area (TPSA) is 9.23 Å². The molecule has 0 spiro atoms. The first-order chi connectivity index (χ1) is 3.48. The van der Waals surface area contributed by atoms with Crippen molar-refractivity contribution >= 4 is 0 Å². The predicted octanol–water partition coefficient (Wildman–Crippen LogP) is 2.07. The van der Waals surface area contributed by atoms with Crippen LogP contribution in [0.15, 0.2) is 0 Å². The molecule has 8 heavy (non-hydrogen) atoms. The van der Waals surface area contributed by atoms with Crippen molar-refractivity contribution < 1.29 is 4.74 Å². The van der Waals surface area contributed by atoms with Crippen LogP contribution in [-0.4, -0.2) is 13.2 Å². The first-order valence-corrected chi connectivity index (χ1v) is 3.01. The van der Waals surface area contributed by atoms with Crippen LogP contribution in [0.2, 0.25) is 0 Å². The highest BCUT2D eigenvalue weighted by atomic mass is 16.5. The van der Waals surface area contributed by atoms with Gasteiger partial charge in [-0.2, -0.15) is 0 Å². The van der Waals surface area contributed by atoms with E-state index in [-0.39, 0.29) is 5.41 Å². The molecule has 0 N–H and O–H groups in total. The molecule has 0 aliphatic rings. The van der Waals surface area contributed by atoms with Crippen molar-refractivity contribution in [2.24, 2.45) is 5.41 Å². The minimum atomic E-state index is 0.286. The molecule has 0 aliphatic carbocycles. The van der Waals surface area contributed by atoms with E-state index in [1.807, 2.05) is 0 Å². The zero-order valence-electron chi connectivity index (χ0n) is 6.49. The third kappa shape index (κ3) is 2.31. The highest BCUT2D eigenvalue weighted by molar-refractivity contribution is 4.68. The van der Waals surface area contributed by atoms with Gasteiger partial charge in [-0.3, -0.25) is 0 Å². The molecule has 0 amide bonds. The fraction of sp³-hybridized carbons (Fsp3) is 1.00. The number of hydrogen-bond acceptors (Lipinski definition) is 1. The molecule has 1 nitrogen and oxygen atoms in total. The third-order valence-electron chi connectivity index (χ3n) is 1.57. The average Bonchev–Trinajstić information content (AvgIpc) is 1.62. The Morgan fingerprint density at radius 1 is 1.25 bits per heavy atom. The van der Waals surface area contributed by atoms with Crippen LogP contribution < -0.4 is 0 Å². The van der Waals surface area contributed by atoms with Crippen LogP contribution in [0.1, 0.15) is 27.7 Å². The summed E-state index contributed by atoms with van der Waals surface area (Å²) in [5.41, 5.74) is 0.286. The van der Waals surface area contributed by atoms with E-state index in [1.165, 1.54) is 0 Å². The molecule has 0 bridgehead atoms. The Kier molecular flexibility index (Phi) is 2.48. The molecule has 0 heterocycles. The number of ether oxygens (including phenoxy) is 1. The van der Waals surface area contributed by atoms with Gasteiger partial charge >= 0.3 is 0 Å². The lowest BCUT2D eigenvalue weighted by atomic mass is 9.90. The molecule has 0 radical (unpaired) electrons. The summed E-state index contributed by atoms with van der Waals surface area (Å²) >= 11 is 0. The van der Waals surface area contributed by atoms with Gasteiger partial charge in [-0.25, -0.2) is 0 Å². The third-order valence-corrected chi connectivity index (χ3v) is 1.57. The van der Waals surface area contributed by atoms with Crippen molar-refractivity contribution in [1.82, 2.24) is 0 Å². The van der Waals surface area contributed by atoms with Gasteiger partial charge in [-0.15, -0.1) is 0 Å². The monoisotopic (exact) mass is 116 g/mol. The summed E-state index contributed by atoms with van der Waals surface area (Å²) < 4.78 is 5.11. The lowest BCUT2D eigenvalue weighted by Gasteiger charge is -2.25. The highest BCUT2D eigenvalue weighted by Gasteiger charge is 2.18. The second-order valence-corrected chi connectivity index (χ2v) is 3.24. The van der Waals surface area contributed by atoms with Crippen molar-refractivity contribution in [2.75, 3.05) is 7.11 Å². The minimum absolute atomic E-state index is 0.286. The number of hydrogen-bond donors (Lipinski definition) is 0. The summed E-state index contributed by atoms with van der Waals surface area (Å²) in [4.78, 5) is 0. The molecule has 1 unspecified atom stereocenters. The highest BCUT2D eigenvalue weighted by Crippen LogP contribution is 2.20. The molecule has 0 saturated heterocycles. The molecule has 0 aromatic carbocycles. The maximum absolute atomic E-state index is 5.11. The molecule has 0 saturated carbocycles. The van der Waals surface area contributed by atoms with Crippen molar-refractivity contribution in [2.45, 2.75) is 33.8 Å². The second kappa shape index (κ2) is 2.49. The van der Waals surface area contributed by atoms with E-state index < -0.39 is 0 Å². The molecule has 0 fully saturated rings. The molecular formula is C7H16O. The first-order valence-electron chi connectivity index (χ1n) is 3.01. The first kappa shape index (κ1) is 7.96. The van der Waals surface area contributed by atoms with E-state index in [4.69, 9.17) is 4.74 Å². The molecule has 1 atom stereocenters. The quantitative estimate of drug-likeness (QED) is 0.509. The minimum Gasteiger partial charge on any atom is -0.381 e. The lowest BCUT2D eigenvalue weighted by Crippen LogP contribution is -2.24. The van der Waals surface area contributed by atoms with Gasteiger partial charge in [0.05, 0.1) is 6.10 Å². The lowest BCUT2D eigenvalue weighted by molar-refractivity contribution is 0.0314. The van der Waals surface area contributed by atoms with Gasteiger partial charge < -0.3 is 4.74 Å². The van der Waals surface area contributed by atoms with E-state index in [0.717, 1.165) is 0 Å². The van der Waals surface area contributed by atoms with Gasteiger partial charge in [-0.05, 0) is 12.3 Å². The maximum Gasteiger partial charge on any atom is 0.0591 e. The Balaban J connectivity index is 3.62. The summed E-state index contributed by atoms with van der Waals surface area (Å²) in [5.74, 6) is 0. The Bertz CT molecular complexity index is 61.3. The van der Waals surface area contributed by atoms with Crippen LogP contribution in [0.4, 0.5) is 0 Å². The van der Waals surface area contributed by atoms with Crippen LogP contribution in [0.3, 0.4) is 0 Å². The van der Waals surface area contributed by atoms with Crippen LogP contribution in [0.25, 0.3) is 0 Å². The Morgan fingerprint density at radius 3 is 1.62 bits per heavy atom. The van der Waals surface area contributed by atoms with Crippen LogP contribution in [0, 0.1) is 5.41 Å². The van der Waals surface area contributed by atoms with E-state index in [0.29, 0.717) is 6.10 Å². The van der Waals surface area contributed by atoms with Crippen molar-refractivity contribution in [3.63, 3.8) is 0 Å². The van der Waals surface area contributed by atoms with Crippen molar-refractivity contribution in [3.05, 3.63) is 0 Å². The second-order valence-electron chi connectivity index (χ2n) is 3.24. The van der Waals surface area contributed by atoms with E-state index in [9.17, 15) is 0 Å². The molecule has 0 aliphatic heterocycles. The fourth-order valence-corrected chi connectivity index (χ4v) is 0.354. The SMILES string of the molecule is COC(C)C(C)(C)C. The van der Waals surface area contributed by atoms with Crippen LogP contribution in [0.5, 0.6) is 0 Å². The van der Waals surface area contributed by atoms with Crippen molar-refractivity contribution in [1.29, 1.82) is 0 Å². The average molecular weight is 116 g/mol. The number of methoxy groups -OCH3 is 1. The molecule has 0 rings (SSSR count). The zero-order valence-corrected chi connectivity index (χ0v) is 6.49. The van der Waals surface area contributed by atoms with E-state index >= 15 is 0 Å². The standard InChI is InChI=1S/C7H16O/c1-6(8-5)7(2,3)4/h6H,1-5H3. The molecule has 0 aromatic rings. The largest absolute Gasteiger partial charge is 0.381 e. The number of rotatable bonds is 1. The molecule has 0 aromatic heterocycles. The van der Waals surface area contributed by atoms with Gasteiger partial charge in [-0.1, -0.05) is 20.8 Å². The fourth-order valence-electron chi connectivity index (χ4n) is 0.354. The normalized spacial score (nSPS) is 16.1. The van der Waals surface area contributed by atoms with Gasteiger partial charge in [0.1, 0.15) is 0 Å². The van der Waals surface area contributed by atoms with E-state index in [2.05, 4.69) is 27.7 Å². The maximum atomic E-state index is 5.11. The summed E-state index contributed by atoms with van der Waals surface area (Å²) in [6.07, 6.45) is 0.350. The van der Waals surface area contributed by atoms with Crippen LogP contribution in [-0.2, 0) is 4.74 Å². The van der Waals surface area contributed by atoms with E-state index in [1.54, 1.807) is 7.11 Å². The molecular weight excluding hydrogens is 100 g/mol. The van der Waals surface area contributed by atoms with Gasteiger partial charge in [0.25, 0.3) is 0 Å². The van der Waals surface area contributed by atoms with Gasteiger partial charge in [0.15, 0.2) is 0 Å². The Hall–Kier alpha value is -0.0400. The summed E-state index contributed by atoms with van der Waals surface area (Å²) in [5, 5.41) is 0. The van der Waals surface area contributed by atoms with Crippen molar-refractivity contribution in [3.8, 4) is 0 Å². The smallest absolute Gasteiger partial charge is 0.0591 e. The predicted molar refractivity (Wildman–Crippen MR) is 35.9 cm³/mol.